The third-order valence-corrected chi connectivity index (χ3v) is 5.27. The smallest absolute Gasteiger partial charge is 0.272 e. The van der Waals surface area contributed by atoms with Gasteiger partial charge in [0, 0.05) is 30.9 Å². The summed E-state index contributed by atoms with van der Waals surface area (Å²) in [6.07, 6.45) is 3.37. The van der Waals surface area contributed by atoms with Crippen LogP contribution in [0.3, 0.4) is 0 Å². The number of ether oxygens (including phenoxy) is 1. The molecule has 4 heterocycles. The first-order chi connectivity index (χ1) is 14.5. The number of H-pyrrole nitrogens is 1. The van der Waals surface area contributed by atoms with Crippen LogP contribution in [0.5, 0.6) is 5.75 Å². The molecule has 0 aromatic carbocycles. The predicted molar refractivity (Wildman–Crippen MR) is 104 cm³/mol. The molecule has 3 N–H and O–H groups in total. The van der Waals surface area contributed by atoms with Crippen LogP contribution in [0.2, 0.25) is 0 Å². The lowest BCUT2D eigenvalue weighted by molar-refractivity contribution is 0.0825. The summed E-state index contributed by atoms with van der Waals surface area (Å²) in [6.45, 7) is 0.547. The quantitative estimate of drug-likeness (QED) is 0.440. The molecule has 3 aromatic heterocycles. The molecule has 0 amide bonds. The third kappa shape index (κ3) is 4.71. The van der Waals surface area contributed by atoms with E-state index in [4.69, 9.17) is 9.29 Å². The number of likely N-dealkylation sites (tertiary alicyclic amines) is 1. The standard InChI is InChI=1S/C16H20F2N8O3S/c17-12(18)7-29-14-13(10-5-20-21-6-10)19-8-26-15(14)23-16(24-26)22-11-1-3-25(4-2-11)9-30(27)28/h5-6,8,11-12H,1-4,7,9H2,(H,20,21)(H,22,24)(H,27,28). The molecule has 1 unspecified atom stereocenters. The normalized spacial score (nSPS) is 16.9. The van der Waals surface area contributed by atoms with Gasteiger partial charge in [0.05, 0.1) is 6.20 Å². The van der Waals surface area contributed by atoms with Crippen LogP contribution in [0.4, 0.5) is 14.7 Å². The molecule has 3 aromatic rings. The summed E-state index contributed by atoms with van der Waals surface area (Å²) in [6, 6.07) is 0.0810. The monoisotopic (exact) mass is 442 g/mol. The summed E-state index contributed by atoms with van der Waals surface area (Å²) >= 11 is -1.85. The molecule has 0 spiro atoms. The molecule has 1 saturated heterocycles. The average molecular weight is 442 g/mol. The lowest BCUT2D eigenvalue weighted by Gasteiger charge is -2.30. The highest BCUT2D eigenvalue weighted by Crippen LogP contribution is 2.31. The van der Waals surface area contributed by atoms with E-state index < -0.39 is 24.1 Å². The summed E-state index contributed by atoms with van der Waals surface area (Å²) in [4.78, 5) is 10.6. The van der Waals surface area contributed by atoms with Gasteiger partial charge < -0.3 is 14.6 Å². The fourth-order valence-electron chi connectivity index (χ4n) is 3.31. The number of fused-ring (bicyclic) bond motifs is 1. The van der Waals surface area contributed by atoms with Gasteiger partial charge >= 0.3 is 0 Å². The van der Waals surface area contributed by atoms with E-state index in [0.29, 0.717) is 30.3 Å². The van der Waals surface area contributed by atoms with E-state index in [1.165, 1.54) is 17.0 Å². The van der Waals surface area contributed by atoms with Crippen LogP contribution in [-0.4, -0.2) is 81.5 Å². The number of nitrogens with zero attached hydrogens (tertiary/aromatic N) is 6. The molecule has 11 nitrogen and oxygen atoms in total. The Morgan fingerprint density at radius 1 is 1.40 bits per heavy atom. The molecular weight excluding hydrogens is 422 g/mol. The second kappa shape index (κ2) is 8.97. The Morgan fingerprint density at radius 2 is 2.20 bits per heavy atom. The van der Waals surface area contributed by atoms with Gasteiger partial charge in [-0.05, 0) is 12.8 Å². The first-order valence-electron chi connectivity index (χ1n) is 9.21. The molecule has 1 aliphatic heterocycles. The van der Waals surface area contributed by atoms with Gasteiger partial charge in [0.1, 0.15) is 24.5 Å². The van der Waals surface area contributed by atoms with Gasteiger partial charge in [0.15, 0.2) is 16.8 Å². The lowest BCUT2D eigenvalue weighted by atomic mass is 10.1. The van der Waals surface area contributed by atoms with Gasteiger partial charge in [0.25, 0.3) is 6.43 Å². The number of nitrogens with one attached hydrogen (secondary N) is 2. The van der Waals surface area contributed by atoms with E-state index in [-0.39, 0.29) is 23.3 Å². The van der Waals surface area contributed by atoms with Crippen molar-refractivity contribution in [3.05, 3.63) is 18.7 Å². The van der Waals surface area contributed by atoms with Crippen molar-refractivity contribution in [1.82, 2.24) is 34.7 Å². The minimum absolute atomic E-state index is 0.0810. The van der Waals surface area contributed by atoms with E-state index in [0.717, 1.165) is 12.8 Å². The van der Waals surface area contributed by atoms with Crippen molar-refractivity contribution in [2.45, 2.75) is 25.3 Å². The average Bonchev–Trinajstić information content (AvgIpc) is 3.36. The van der Waals surface area contributed by atoms with Gasteiger partial charge in [0.2, 0.25) is 11.6 Å². The Labute approximate surface area is 172 Å². The molecule has 14 heteroatoms. The molecule has 0 saturated carbocycles. The van der Waals surface area contributed by atoms with Gasteiger partial charge in [-0.1, -0.05) is 0 Å². The van der Waals surface area contributed by atoms with Crippen LogP contribution >= 0.6 is 0 Å². The number of aromatic amines is 1. The maximum absolute atomic E-state index is 12.8. The number of aromatic nitrogens is 6. The van der Waals surface area contributed by atoms with Gasteiger partial charge in [-0.15, -0.1) is 5.10 Å². The zero-order valence-corrected chi connectivity index (χ0v) is 16.6. The van der Waals surface area contributed by atoms with Crippen LogP contribution in [0.15, 0.2) is 18.7 Å². The molecule has 0 bridgehead atoms. The van der Waals surface area contributed by atoms with Crippen molar-refractivity contribution >= 4 is 22.7 Å². The zero-order valence-electron chi connectivity index (χ0n) is 15.7. The SMILES string of the molecule is O=S(O)CN1CCC(Nc2nc3c(OCC(F)F)c(-c4cn[nH]c4)ncn3n2)CC1. The van der Waals surface area contributed by atoms with Crippen molar-refractivity contribution < 1.29 is 22.3 Å². The Balaban J connectivity index is 1.55. The minimum Gasteiger partial charge on any atom is -0.481 e. The highest BCUT2D eigenvalue weighted by molar-refractivity contribution is 7.79. The predicted octanol–water partition coefficient (Wildman–Crippen LogP) is 1.21. The van der Waals surface area contributed by atoms with E-state index in [1.54, 1.807) is 6.20 Å². The van der Waals surface area contributed by atoms with Crippen LogP contribution in [0, 0.1) is 0 Å². The van der Waals surface area contributed by atoms with E-state index in [9.17, 15) is 13.0 Å². The second-order valence-electron chi connectivity index (χ2n) is 6.80. The maximum atomic E-state index is 12.8. The van der Waals surface area contributed by atoms with Crippen molar-refractivity contribution in [1.29, 1.82) is 0 Å². The summed E-state index contributed by atoms with van der Waals surface area (Å²) in [5.41, 5.74) is 1.17. The molecule has 0 radical (unpaired) electrons. The fraction of sp³-hybridized carbons (Fsp3) is 0.500. The highest BCUT2D eigenvalue weighted by Gasteiger charge is 2.23. The Kier molecular flexibility index (Phi) is 6.15. The molecule has 1 fully saturated rings. The molecule has 1 aliphatic rings. The number of piperidine rings is 1. The van der Waals surface area contributed by atoms with Crippen molar-refractivity contribution in [2.75, 3.05) is 30.9 Å². The molecule has 4 rings (SSSR count). The molecular formula is C16H20F2N8O3S. The largest absolute Gasteiger partial charge is 0.481 e. The van der Waals surface area contributed by atoms with E-state index in [1.807, 2.05) is 4.90 Å². The fourth-order valence-corrected chi connectivity index (χ4v) is 3.88. The van der Waals surface area contributed by atoms with Crippen molar-refractivity contribution in [3.8, 4) is 17.0 Å². The second-order valence-corrected chi connectivity index (χ2v) is 7.70. The molecule has 30 heavy (non-hydrogen) atoms. The Bertz CT molecular complexity index is 1010. The van der Waals surface area contributed by atoms with Crippen molar-refractivity contribution in [2.24, 2.45) is 0 Å². The topological polar surface area (TPSA) is 134 Å². The number of rotatable bonds is 8. The first-order valence-corrected chi connectivity index (χ1v) is 10.5. The van der Waals surface area contributed by atoms with Crippen LogP contribution in [-0.2, 0) is 11.1 Å². The lowest BCUT2D eigenvalue weighted by Crippen LogP contribution is -2.40. The van der Waals surface area contributed by atoms with Gasteiger partial charge in [-0.2, -0.15) is 14.6 Å². The first kappa shape index (κ1) is 20.6. The number of halogens is 2. The van der Waals surface area contributed by atoms with Crippen LogP contribution < -0.4 is 10.1 Å². The number of anilines is 1. The van der Waals surface area contributed by atoms with Gasteiger partial charge in [-0.3, -0.25) is 10.00 Å². The maximum Gasteiger partial charge on any atom is 0.272 e. The Morgan fingerprint density at radius 3 is 2.87 bits per heavy atom. The van der Waals surface area contributed by atoms with Crippen LogP contribution in [0.1, 0.15) is 12.8 Å². The van der Waals surface area contributed by atoms with Crippen molar-refractivity contribution in [3.63, 3.8) is 0 Å². The third-order valence-electron chi connectivity index (χ3n) is 4.68. The molecule has 1 atom stereocenters. The summed E-state index contributed by atoms with van der Waals surface area (Å²) < 4.78 is 52.2. The molecule has 0 aliphatic carbocycles. The molecule has 162 valence electrons. The van der Waals surface area contributed by atoms with E-state index in [2.05, 4.69) is 30.6 Å². The van der Waals surface area contributed by atoms with Crippen LogP contribution in [0.25, 0.3) is 16.9 Å². The number of hydrogen-bond donors (Lipinski definition) is 3. The number of hydrogen-bond acceptors (Lipinski definition) is 8. The summed E-state index contributed by atoms with van der Waals surface area (Å²) in [7, 11) is 0. The van der Waals surface area contributed by atoms with Gasteiger partial charge in [-0.25, -0.2) is 18.0 Å². The summed E-state index contributed by atoms with van der Waals surface area (Å²) in [5, 5.41) is 14.1. The number of alkyl halides is 2. The zero-order chi connectivity index (χ0) is 21.1. The Hall–Kier alpha value is -2.71. The highest BCUT2D eigenvalue weighted by atomic mass is 32.2. The summed E-state index contributed by atoms with van der Waals surface area (Å²) in [5.74, 6) is 0.555. The minimum atomic E-state index is -2.65. The van der Waals surface area contributed by atoms with E-state index >= 15 is 0 Å².